The molecule has 0 saturated carbocycles. The molecular formula is C14H14ClNS. The van der Waals surface area contributed by atoms with Crippen molar-refractivity contribution in [1.29, 1.82) is 0 Å². The summed E-state index contributed by atoms with van der Waals surface area (Å²) in [6.07, 6.45) is 4.24. The Morgan fingerprint density at radius 3 is 2.82 bits per heavy atom. The summed E-state index contributed by atoms with van der Waals surface area (Å²) in [5.74, 6) is 0. The van der Waals surface area contributed by atoms with Crippen LogP contribution in [0.1, 0.15) is 4.88 Å². The van der Waals surface area contributed by atoms with Crippen molar-refractivity contribution in [3.8, 4) is 10.4 Å². The normalized spacial score (nSPS) is 11.2. The summed E-state index contributed by atoms with van der Waals surface area (Å²) in [5, 5.41) is 3.89. The van der Waals surface area contributed by atoms with Gasteiger partial charge in [-0.05, 0) is 31.3 Å². The fourth-order valence-corrected chi connectivity index (χ4v) is 2.81. The number of nitrogens with one attached hydrogen (secondary N) is 1. The molecule has 3 heteroatoms. The molecule has 1 nitrogen and oxygen atoms in total. The maximum Gasteiger partial charge on any atom is 0.0492 e. The van der Waals surface area contributed by atoms with E-state index in [1.807, 2.05) is 25.2 Å². The van der Waals surface area contributed by atoms with Crippen LogP contribution >= 0.6 is 22.9 Å². The minimum absolute atomic E-state index is 0.806. The summed E-state index contributed by atoms with van der Waals surface area (Å²) in [7, 11) is 1.94. The van der Waals surface area contributed by atoms with Gasteiger partial charge in [0.2, 0.25) is 0 Å². The summed E-state index contributed by atoms with van der Waals surface area (Å²) in [6.45, 7) is 0.888. The highest BCUT2D eigenvalue weighted by Crippen LogP contribution is 2.33. The van der Waals surface area contributed by atoms with Gasteiger partial charge in [0.15, 0.2) is 0 Å². The molecule has 0 amide bonds. The molecule has 0 aliphatic rings. The van der Waals surface area contributed by atoms with E-state index in [1.54, 1.807) is 11.3 Å². The fraction of sp³-hybridized carbons (Fsp3) is 0.143. The average Bonchev–Trinajstić information content (AvgIpc) is 2.79. The Kier molecular flexibility index (Phi) is 4.37. The molecular weight excluding hydrogens is 250 g/mol. The van der Waals surface area contributed by atoms with Crippen LogP contribution in [0.15, 0.2) is 42.5 Å². The Morgan fingerprint density at radius 2 is 2.06 bits per heavy atom. The van der Waals surface area contributed by atoms with Crippen molar-refractivity contribution in [2.24, 2.45) is 0 Å². The van der Waals surface area contributed by atoms with Gasteiger partial charge in [-0.25, -0.2) is 0 Å². The Labute approximate surface area is 111 Å². The molecule has 1 N–H and O–H groups in total. The molecule has 0 bridgehead atoms. The molecule has 1 heterocycles. The number of hydrogen-bond acceptors (Lipinski definition) is 2. The van der Waals surface area contributed by atoms with Crippen molar-refractivity contribution in [1.82, 2.24) is 5.32 Å². The molecule has 0 aliphatic carbocycles. The predicted octanol–water partition coefficient (Wildman–Crippen LogP) is 4.30. The third kappa shape index (κ3) is 3.19. The molecule has 1 aromatic carbocycles. The second kappa shape index (κ2) is 6.01. The number of benzene rings is 1. The molecule has 2 aromatic rings. The SMILES string of the molecule is CNCC=Cc1ccc(-c2ccccc2Cl)s1. The minimum Gasteiger partial charge on any atom is -0.316 e. The molecule has 0 fully saturated rings. The summed E-state index contributed by atoms with van der Waals surface area (Å²) in [5.41, 5.74) is 1.10. The molecule has 88 valence electrons. The van der Waals surface area contributed by atoms with E-state index in [0.29, 0.717) is 0 Å². The van der Waals surface area contributed by atoms with Crippen molar-refractivity contribution >= 4 is 29.0 Å². The lowest BCUT2D eigenvalue weighted by molar-refractivity contribution is 0.922. The molecule has 0 spiro atoms. The summed E-state index contributed by atoms with van der Waals surface area (Å²) in [6, 6.07) is 12.2. The zero-order chi connectivity index (χ0) is 12.1. The number of thiophene rings is 1. The highest BCUT2D eigenvalue weighted by molar-refractivity contribution is 7.16. The molecule has 0 unspecified atom stereocenters. The van der Waals surface area contributed by atoms with Gasteiger partial charge in [-0.2, -0.15) is 0 Å². The number of rotatable bonds is 4. The third-order valence-corrected chi connectivity index (χ3v) is 3.78. The van der Waals surface area contributed by atoms with E-state index in [0.717, 1.165) is 17.1 Å². The molecule has 0 atom stereocenters. The second-order valence-electron chi connectivity index (χ2n) is 3.64. The minimum atomic E-state index is 0.806. The van der Waals surface area contributed by atoms with Gasteiger partial charge in [0, 0.05) is 26.9 Å². The van der Waals surface area contributed by atoms with E-state index in [4.69, 9.17) is 11.6 Å². The fourth-order valence-electron chi connectivity index (χ4n) is 1.54. The van der Waals surface area contributed by atoms with Gasteiger partial charge in [-0.1, -0.05) is 35.9 Å². The smallest absolute Gasteiger partial charge is 0.0492 e. The lowest BCUT2D eigenvalue weighted by atomic mass is 10.2. The van der Waals surface area contributed by atoms with Crippen molar-refractivity contribution in [2.45, 2.75) is 0 Å². The van der Waals surface area contributed by atoms with Crippen LogP contribution in [0.4, 0.5) is 0 Å². The van der Waals surface area contributed by atoms with Crippen molar-refractivity contribution in [3.05, 3.63) is 52.4 Å². The van der Waals surface area contributed by atoms with Crippen LogP contribution in [-0.2, 0) is 0 Å². The van der Waals surface area contributed by atoms with E-state index in [9.17, 15) is 0 Å². The van der Waals surface area contributed by atoms with Crippen LogP contribution in [0, 0.1) is 0 Å². The first-order chi connectivity index (χ1) is 8.31. The molecule has 0 radical (unpaired) electrons. The van der Waals surface area contributed by atoms with Gasteiger partial charge in [-0.15, -0.1) is 11.3 Å². The van der Waals surface area contributed by atoms with Crippen LogP contribution in [0.3, 0.4) is 0 Å². The summed E-state index contributed by atoms with van der Waals surface area (Å²) in [4.78, 5) is 2.45. The molecule has 0 aliphatic heterocycles. The zero-order valence-electron chi connectivity index (χ0n) is 9.61. The van der Waals surface area contributed by atoms with E-state index in [1.165, 1.54) is 9.75 Å². The van der Waals surface area contributed by atoms with Crippen LogP contribution < -0.4 is 5.32 Å². The Bertz CT molecular complexity index is 516. The van der Waals surface area contributed by atoms with Gasteiger partial charge in [-0.3, -0.25) is 0 Å². The zero-order valence-corrected chi connectivity index (χ0v) is 11.2. The van der Waals surface area contributed by atoms with Crippen molar-refractivity contribution in [3.63, 3.8) is 0 Å². The predicted molar refractivity (Wildman–Crippen MR) is 77.7 cm³/mol. The average molecular weight is 264 g/mol. The first-order valence-corrected chi connectivity index (χ1v) is 6.66. The Balaban J connectivity index is 2.21. The van der Waals surface area contributed by atoms with Gasteiger partial charge in [0.1, 0.15) is 0 Å². The molecule has 1 aromatic heterocycles. The lowest BCUT2D eigenvalue weighted by Gasteiger charge is -1.99. The van der Waals surface area contributed by atoms with Crippen LogP contribution in [0.2, 0.25) is 5.02 Å². The number of halogens is 1. The van der Waals surface area contributed by atoms with Gasteiger partial charge >= 0.3 is 0 Å². The van der Waals surface area contributed by atoms with Gasteiger partial charge in [0.05, 0.1) is 0 Å². The maximum absolute atomic E-state index is 6.17. The third-order valence-electron chi connectivity index (χ3n) is 2.37. The molecule has 17 heavy (non-hydrogen) atoms. The first-order valence-electron chi connectivity index (χ1n) is 5.47. The topological polar surface area (TPSA) is 12.0 Å². The molecule has 2 rings (SSSR count). The quantitative estimate of drug-likeness (QED) is 0.867. The van der Waals surface area contributed by atoms with Gasteiger partial charge in [0.25, 0.3) is 0 Å². The van der Waals surface area contributed by atoms with Crippen molar-refractivity contribution in [2.75, 3.05) is 13.6 Å². The molecule has 0 saturated heterocycles. The van der Waals surface area contributed by atoms with E-state index in [-0.39, 0.29) is 0 Å². The first kappa shape index (κ1) is 12.4. The highest BCUT2D eigenvalue weighted by Gasteiger charge is 2.04. The Morgan fingerprint density at radius 1 is 1.24 bits per heavy atom. The number of hydrogen-bond donors (Lipinski definition) is 1. The maximum atomic E-state index is 6.17. The summed E-state index contributed by atoms with van der Waals surface area (Å²) >= 11 is 7.93. The van der Waals surface area contributed by atoms with Crippen molar-refractivity contribution < 1.29 is 0 Å². The standard InChI is InChI=1S/C14H14ClNS/c1-16-10-4-5-11-8-9-14(17-11)12-6-2-3-7-13(12)15/h2-9,16H,10H2,1H3. The van der Waals surface area contributed by atoms with Crippen LogP contribution in [0.5, 0.6) is 0 Å². The van der Waals surface area contributed by atoms with E-state index in [2.05, 4.69) is 35.7 Å². The van der Waals surface area contributed by atoms with Crippen LogP contribution in [0.25, 0.3) is 16.5 Å². The largest absolute Gasteiger partial charge is 0.316 e. The number of likely N-dealkylation sites (N-methyl/N-ethyl adjacent to an activating group) is 1. The summed E-state index contributed by atoms with van der Waals surface area (Å²) < 4.78 is 0. The highest BCUT2D eigenvalue weighted by atomic mass is 35.5. The Hall–Kier alpha value is -1.09. The lowest BCUT2D eigenvalue weighted by Crippen LogP contribution is -2.03. The van der Waals surface area contributed by atoms with Crippen LogP contribution in [-0.4, -0.2) is 13.6 Å². The van der Waals surface area contributed by atoms with E-state index >= 15 is 0 Å². The van der Waals surface area contributed by atoms with E-state index < -0.39 is 0 Å². The van der Waals surface area contributed by atoms with Gasteiger partial charge < -0.3 is 5.32 Å². The second-order valence-corrected chi connectivity index (χ2v) is 5.16. The monoisotopic (exact) mass is 263 g/mol.